The van der Waals surface area contributed by atoms with E-state index in [-0.39, 0.29) is 11.0 Å². The van der Waals surface area contributed by atoms with Crippen molar-refractivity contribution in [3.05, 3.63) is 62.6 Å². The average Bonchev–Trinajstić information content (AvgIpc) is 2.70. The number of hydrogen-bond acceptors (Lipinski definition) is 5. The van der Waals surface area contributed by atoms with Gasteiger partial charge in [0.2, 0.25) is 0 Å². The van der Waals surface area contributed by atoms with E-state index in [1.54, 1.807) is 19.4 Å². The Hall–Kier alpha value is -2.67. The zero-order chi connectivity index (χ0) is 23.7. The lowest BCUT2D eigenvalue weighted by molar-refractivity contribution is 0.191. The SMILES string of the molecule is COc1cccc(C=Nn2c(C(C)(C)C)nc3ccc(Br)cc3c2=O)c1OCC(C)(C)C. The van der Waals surface area contributed by atoms with Crippen molar-refractivity contribution in [2.75, 3.05) is 13.7 Å². The van der Waals surface area contributed by atoms with Crippen LogP contribution in [0.15, 0.2) is 50.8 Å². The van der Waals surface area contributed by atoms with Gasteiger partial charge in [-0.3, -0.25) is 4.79 Å². The lowest BCUT2D eigenvalue weighted by Gasteiger charge is -2.22. The molecule has 0 unspecified atom stereocenters. The van der Waals surface area contributed by atoms with Gasteiger partial charge >= 0.3 is 0 Å². The number of nitrogens with zero attached hydrogens (tertiary/aromatic N) is 3. The second kappa shape index (κ2) is 9.06. The van der Waals surface area contributed by atoms with Gasteiger partial charge in [-0.2, -0.15) is 9.78 Å². The third-order valence-electron chi connectivity index (χ3n) is 4.67. The first kappa shape index (κ1) is 24.0. The predicted octanol–water partition coefficient (Wildman–Crippen LogP) is 5.77. The molecule has 0 saturated heterocycles. The Morgan fingerprint density at radius 1 is 1.12 bits per heavy atom. The van der Waals surface area contributed by atoms with Gasteiger partial charge in [0.05, 0.1) is 30.8 Å². The molecule has 7 heteroatoms. The normalized spacial score (nSPS) is 12.5. The van der Waals surface area contributed by atoms with E-state index >= 15 is 0 Å². The number of methoxy groups -OCH3 is 1. The molecule has 1 aromatic heterocycles. The van der Waals surface area contributed by atoms with Crippen molar-refractivity contribution in [2.24, 2.45) is 10.5 Å². The quantitative estimate of drug-likeness (QED) is 0.417. The summed E-state index contributed by atoms with van der Waals surface area (Å²) in [7, 11) is 1.60. The number of aromatic nitrogens is 2. The highest BCUT2D eigenvalue weighted by Gasteiger charge is 2.23. The summed E-state index contributed by atoms with van der Waals surface area (Å²) in [5.74, 6) is 1.78. The monoisotopic (exact) mass is 499 g/mol. The molecule has 0 radical (unpaired) electrons. The van der Waals surface area contributed by atoms with E-state index in [1.165, 1.54) is 4.68 Å². The van der Waals surface area contributed by atoms with Gasteiger partial charge < -0.3 is 9.47 Å². The molecule has 2 aromatic carbocycles. The molecule has 0 atom stereocenters. The summed E-state index contributed by atoms with van der Waals surface area (Å²) in [5, 5.41) is 5.07. The number of benzene rings is 2. The van der Waals surface area contributed by atoms with Crippen LogP contribution in [0.25, 0.3) is 10.9 Å². The lowest BCUT2D eigenvalue weighted by atomic mass is 9.95. The minimum atomic E-state index is -0.391. The van der Waals surface area contributed by atoms with Crippen LogP contribution < -0.4 is 15.0 Å². The summed E-state index contributed by atoms with van der Waals surface area (Å²) in [6.45, 7) is 12.8. The predicted molar refractivity (Wildman–Crippen MR) is 133 cm³/mol. The van der Waals surface area contributed by atoms with Gasteiger partial charge in [-0.1, -0.05) is 63.5 Å². The van der Waals surface area contributed by atoms with Crippen LogP contribution in [0.1, 0.15) is 52.9 Å². The third-order valence-corrected chi connectivity index (χ3v) is 5.16. The van der Waals surface area contributed by atoms with Gasteiger partial charge in [0.15, 0.2) is 11.5 Å². The van der Waals surface area contributed by atoms with Crippen LogP contribution >= 0.6 is 15.9 Å². The average molecular weight is 500 g/mol. The molecule has 0 fully saturated rings. The van der Waals surface area contributed by atoms with Gasteiger partial charge in [-0.05, 0) is 35.7 Å². The first-order valence-electron chi connectivity index (χ1n) is 10.5. The van der Waals surface area contributed by atoms with E-state index in [4.69, 9.17) is 14.5 Å². The van der Waals surface area contributed by atoms with Crippen molar-refractivity contribution in [3.63, 3.8) is 0 Å². The summed E-state index contributed by atoms with van der Waals surface area (Å²) in [4.78, 5) is 18.1. The molecule has 3 rings (SSSR count). The highest BCUT2D eigenvalue weighted by Crippen LogP contribution is 2.32. The van der Waals surface area contributed by atoms with E-state index in [0.29, 0.717) is 34.8 Å². The Morgan fingerprint density at radius 3 is 2.47 bits per heavy atom. The highest BCUT2D eigenvalue weighted by molar-refractivity contribution is 9.10. The fraction of sp³-hybridized carbons (Fsp3) is 0.400. The second-order valence-corrected chi connectivity index (χ2v) is 10.9. The molecule has 32 heavy (non-hydrogen) atoms. The minimum absolute atomic E-state index is 0.0265. The summed E-state index contributed by atoms with van der Waals surface area (Å²) in [6.07, 6.45) is 1.63. The molecule has 0 amide bonds. The van der Waals surface area contributed by atoms with Crippen LogP contribution in [0.5, 0.6) is 11.5 Å². The summed E-state index contributed by atoms with van der Waals surface area (Å²) in [5.41, 5.74) is 0.719. The molecule has 0 saturated carbocycles. The zero-order valence-electron chi connectivity index (χ0n) is 19.7. The number of fused-ring (bicyclic) bond motifs is 1. The standard InChI is InChI=1S/C25H30BrN3O3/c1-24(2,3)15-32-21-16(9-8-10-20(21)31-7)14-27-29-22(30)18-13-17(26)11-12-19(18)28-23(29)25(4,5)6/h8-14H,15H2,1-7H3. The lowest BCUT2D eigenvalue weighted by Crippen LogP contribution is -2.29. The highest BCUT2D eigenvalue weighted by atomic mass is 79.9. The number of ether oxygens (including phenoxy) is 2. The third kappa shape index (κ3) is 5.38. The van der Waals surface area contributed by atoms with Crippen LogP contribution in [-0.4, -0.2) is 29.6 Å². The molecular formula is C25H30BrN3O3. The summed E-state index contributed by atoms with van der Waals surface area (Å²) >= 11 is 3.44. The van der Waals surface area contributed by atoms with Crippen LogP contribution in [0.2, 0.25) is 0 Å². The maximum atomic E-state index is 13.4. The number of hydrogen-bond donors (Lipinski definition) is 0. The first-order chi connectivity index (χ1) is 14.9. The van der Waals surface area contributed by atoms with E-state index in [0.717, 1.165) is 10.0 Å². The molecule has 3 aromatic rings. The maximum absolute atomic E-state index is 13.4. The Kier molecular flexibility index (Phi) is 6.79. The molecular weight excluding hydrogens is 470 g/mol. The number of rotatable bonds is 5. The van der Waals surface area contributed by atoms with Crippen LogP contribution in [0.3, 0.4) is 0 Å². The Morgan fingerprint density at radius 2 is 1.84 bits per heavy atom. The molecule has 0 aliphatic heterocycles. The van der Waals surface area contributed by atoms with Crippen molar-refractivity contribution in [2.45, 2.75) is 47.0 Å². The van der Waals surface area contributed by atoms with E-state index < -0.39 is 5.41 Å². The first-order valence-corrected chi connectivity index (χ1v) is 11.3. The fourth-order valence-corrected chi connectivity index (χ4v) is 3.46. The fourth-order valence-electron chi connectivity index (χ4n) is 3.10. The van der Waals surface area contributed by atoms with Crippen molar-refractivity contribution < 1.29 is 9.47 Å². The Labute approximate surface area is 197 Å². The largest absolute Gasteiger partial charge is 0.493 e. The molecule has 170 valence electrons. The molecule has 0 aliphatic rings. The van der Waals surface area contributed by atoms with Crippen LogP contribution in [0.4, 0.5) is 0 Å². The van der Waals surface area contributed by atoms with Crippen LogP contribution in [-0.2, 0) is 5.41 Å². The molecule has 0 aliphatic carbocycles. The van der Waals surface area contributed by atoms with Crippen molar-refractivity contribution in [1.82, 2.24) is 9.66 Å². The number of para-hydroxylation sites is 1. The molecule has 0 N–H and O–H groups in total. The molecule has 1 heterocycles. The number of halogens is 1. The summed E-state index contributed by atoms with van der Waals surface area (Å²) in [6, 6.07) is 11.1. The van der Waals surface area contributed by atoms with Crippen molar-refractivity contribution in [1.29, 1.82) is 0 Å². The van der Waals surface area contributed by atoms with Crippen molar-refractivity contribution >= 4 is 33.0 Å². The van der Waals surface area contributed by atoms with Crippen LogP contribution in [0, 0.1) is 5.41 Å². The second-order valence-electron chi connectivity index (χ2n) is 9.94. The van der Waals surface area contributed by atoms with Gasteiger partial charge in [-0.25, -0.2) is 4.98 Å². The Bertz CT molecular complexity index is 1220. The van der Waals surface area contributed by atoms with Gasteiger partial charge in [0.1, 0.15) is 5.82 Å². The van der Waals surface area contributed by atoms with E-state index in [1.807, 2.05) is 51.1 Å². The Balaban J connectivity index is 2.16. The van der Waals surface area contributed by atoms with E-state index in [9.17, 15) is 4.79 Å². The molecule has 6 nitrogen and oxygen atoms in total. The van der Waals surface area contributed by atoms with Gasteiger partial charge in [0.25, 0.3) is 5.56 Å². The summed E-state index contributed by atoms with van der Waals surface area (Å²) < 4.78 is 13.8. The molecule has 0 spiro atoms. The molecule has 0 bridgehead atoms. The maximum Gasteiger partial charge on any atom is 0.282 e. The van der Waals surface area contributed by atoms with Gasteiger partial charge in [-0.15, -0.1) is 0 Å². The van der Waals surface area contributed by atoms with Crippen molar-refractivity contribution in [3.8, 4) is 11.5 Å². The van der Waals surface area contributed by atoms with E-state index in [2.05, 4.69) is 41.8 Å². The topological polar surface area (TPSA) is 65.7 Å². The minimum Gasteiger partial charge on any atom is -0.493 e. The zero-order valence-corrected chi connectivity index (χ0v) is 21.3. The smallest absolute Gasteiger partial charge is 0.282 e. The van der Waals surface area contributed by atoms with Gasteiger partial charge in [0, 0.05) is 15.5 Å².